The number of aryl methyl sites for hydroxylation is 1. The molecule has 0 spiro atoms. The number of nitrogens with one attached hydrogen (secondary N) is 1. The highest BCUT2D eigenvalue weighted by Gasteiger charge is 2.33. The summed E-state index contributed by atoms with van der Waals surface area (Å²) in [7, 11) is -2.06. The van der Waals surface area contributed by atoms with Gasteiger partial charge in [-0.3, -0.25) is 4.79 Å². The van der Waals surface area contributed by atoms with E-state index in [0.717, 1.165) is 28.8 Å². The Morgan fingerprint density at radius 3 is 2.81 bits per heavy atom. The van der Waals surface area contributed by atoms with Crippen molar-refractivity contribution in [3.8, 4) is 5.75 Å². The SMILES string of the molecule is CCn1ccc2cc(S(=O)(=O)N3CCC[C@H](C(=O)NCc4cccc(OC)c4)C3)ccc21. The molecule has 7 nitrogen and oxygen atoms in total. The molecule has 1 saturated heterocycles. The van der Waals surface area contributed by atoms with Gasteiger partial charge >= 0.3 is 0 Å². The van der Waals surface area contributed by atoms with Gasteiger partial charge in [0.05, 0.1) is 17.9 Å². The number of benzene rings is 2. The van der Waals surface area contributed by atoms with Crippen LogP contribution in [0, 0.1) is 5.92 Å². The second-order valence-corrected chi connectivity index (χ2v) is 10.0. The fraction of sp³-hybridized carbons (Fsp3) is 0.375. The number of ether oxygens (including phenoxy) is 1. The minimum atomic E-state index is -3.67. The number of fused-ring (bicyclic) bond motifs is 1. The number of hydrogen-bond acceptors (Lipinski definition) is 4. The van der Waals surface area contributed by atoms with Crippen LogP contribution in [0.3, 0.4) is 0 Å². The molecule has 0 unspecified atom stereocenters. The van der Waals surface area contributed by atoms with E-state index in [-0.39, 0.29) is 23.3 Å². The fourth-order valence-corrected chi connectivity index (χ4v) is 5.81. The minimum absolute atomic E-state index is 0.122. The predicted octanol–water partition coefficient (Wildman–Crippen LogP) is 3.39. The number of sulfonamides is 1. The second kappa shape index (κ2) is 9.34. The predicted molar refractivity (Wildman–Crippen MR) is 124 cm³/mol. The molecule has 2 aromatic carbocycles. The van der Waals surface area contributed by atoms with E-state index in [1.807, 2.05) is 42.6 Å². The first kappa shape index (κ1) is 22.4. The lowest BCUT2D eigenvalue weighted by atomic mass is 9.99. The van der Waals surface area contributed by atoms with E-state index in [4.69, 9.17) is 4.74 Å². The van der Waals surface area contributed by atoms with Crippen LogP contribution in [0.25, 0.3) is 10.9 Å². The first-order valence-electron chi connectivity index (χ1n) is 10.9. The van der Waals surface area contributed by atoms with Crippen molar-refractivity contribution < 1.29 is 17.9 Å². The van der Waals surface area contributed by atoms with Crippen molar-refractivity contribution in [1.29, 1.82) is 0 Å². The van der Waals surface area contributed by atoms with E-state index in [0.29, 0.717) is 25.9 Å². The van der Waals surface area contributed by atoms with Crippen molar-refractivity contribution in [3.05, 3.63) is 60.3 Å². The third-order valence-corrected chi connectivity index (χ3v) is 7.94. The Bertz CT molecular complexity index is 1220. The molecule has 2 heterocycles. The Balaban J connectivity index is 1.44. The topological polar surface area (TPSA) is 80.6 Å². The summed E-state index contributed by atoms with van der Waals surface area (Å²) in [5, 5.41) is 3.85. The molecule has 170 valence electrons. The van der Waals surface area contributed by atoms with Gasteiger partial charge in [0.15, 0.2) is 0 Å². The summed E-state index contributed by atoms with van der Waals surface area (Å²) < 4.78 is 35.3. The Hall–Kier alpha value is -2.84. The Labute approximate surface area is 189 Å². The fourth-order valence-electron chi connectivity index (χ4n) is 4.25. The lowest BCUT2D eigenvalue weighted by Gasteiger charge is -2.31. The molecule has 1 N–H and O–H groups in total. The first-order valence-corrected chi connectivity index (χ1v) is 12.4. The van der Waals surface area contributed by atoms with Crippen LogP contribution >= 0.6 is 0 Å². The smallest absolute Gasteiger partial charge is 0.243 e. The van der Waals surface area contributed by atoms with E-state index in [1.165, 1.54) is 4.31 Å². The van der Waals surface area contributed by atoms with Crippen molar-refractivity contribution in [2.45, 2.75) is 37.8 Å². The van der Waals surface area contributed by atoms with Crippen LogP contribution in [0.4, 0.5) is 0 Å². The molecule has 1 aliphatic heterocycles. The molecule has 0 saturated carbocycles. The summed E-state index contributed by atoms with van der Waals surface area (Å²) in [4.78, 5) is 13.1. The van der Waals surface area contributed by atoms with Gasteiger partial charge in [-0.05, 0) is 61.7 Å². The molecule has 0 bridgehead atoms. The molecule has 4 rings (SSSR count). The molecule has 1 amide bonds. The third kappa shape index (κ3) is 4.52. The summed E-state index contributed by atoms with van der Waals surface area (Å²) in [5.41, 5.74) is 1.95. The van der Waals surface area contributed by atoms with E-state index < -0.39 is 10.0 Å². The summed E-state index contributed by atoms with van der Waals surface area (Å²) >= 11 is 0. The molecule has 1 atom stereocenters. The molecule has 1 aliphatic rings. The number of rotatable bonds is 7. The quantitative estimate of drug-likeness (QED) is 0.592. The molecule has 0 aliphatic carbocycles. The highest BCUT2D eigenvalue weighted by Crippen LogP contribution is 2.27. The Morgan fingerprint density at radius 2 is 2.03 bits per heavy atom. The van der Waals surface area contributed by atoms with E-state index in [2.05, 4.69) is 16.8 Å². The summed E-state index contributed by atoms with van der Waals surface area (Å²) in [6.45, 7) is 3.88. The summed E-state index contributed by atoms with van der Waals surface area (Å²) in [6.07, 6.45) is 3.30. The molecule has 0 radical (unpaired) electrons. The van der Waals surface area contributed by atoms with Crippen LogP contribution in [-0.4, -0.2) is 43.4 Å². The van der Waals surface area contributed by atoms with Crippen molar-refractivity contribution in [1.82, 2.24) is 14.2 Å². The van der Waals surface area contributed by atoms with Crippen molar-refractivity contribution in [2.24, 2.45) is 5.92 Å². The van der Waals surface area contributed by atoms with E-state index in [1.54, 1.807) is 19.2 Å². The third-order valence-electron chi connectivity index (χ3n) is 6.08. The average Bonchev–Trinajstić information content (AvgIpc) is 3.25. The zero-order chi connectivity index (χ0) is 22.7. The van der Waals surface area contributed by atoms with Crippen LogP contribution in [0.15, 0.2) is 59.6 Å². The first-order chi connectivity index (χ1) is 15.4. The van der Waals surface area contributed by atoms with E-state index >= 15 is 0 Å². The van der Waals surface area contributed by atoms with Crippen molar-refractivity contribution in [3.63, 3.8) is 0 Å². The van der Waals surface area contributed by atoms with Gasteiger partial charge in [0.1, 0.15) is 5.75 Å². The summed E-state index contributed by atoms with van der Waals surface area (Å²) in [6, 6.07) is 14.7. The molecular formula is C24H29N3O4S. The van der Waals surface area contributed by atoms with Gasteiger partial charge in [-0.15, -0.1) is 0 Å². The Morgan fingerprint density at radius 1 is 1.19 bits per heavy atom. The lowest BCUT2D eigenvalue weighted by molar-refractivity contribution is -0.126. The summed E-state index contributed by atoms with van der Waals surface area (Å²) in [5.74, 6) is 0.246. The van der Waals surface area contributed by atoms with Gasteiger partial charge in [-0.2, -0.15) is 4.31 Å². The molecule has 8 heteroatoms. The van der Waals surface area contributed by atoms with Gasteiger partial charge < -0.3 is 14.6 Å². The van der Waals surface area contributed by atoms with Crippen molar-refractivity contribution >= 4 is 26.8 Å². The highest BCUT2D eigenvalue weighted by atomic mass is 32.2. The monoisotopic (exact) mass is 455 g/mol. The number of piperidine rings is 1. The molecule has 32 heavy (non-hydrogen) atoms. The highest BCUT2D eigenvalue weighted by molar-refractivity contribution is 7.89. The second-order valence-electron chi connectivity index (χ2n) is 8.09. The van der Waals surface area contributed by atoms with Gasteiger partial charge in [-0.1, -0.05) is 12.1 Å². The van der Waals surface area contributed by atoms with Crippen LogP contribution in [0.2, 0.25) is 0 Å². The van der Waals surface area contributed by atoms with E-state index in [9.17, 15) is 13.2 Å². The number of carbonyl (C=O) groups excluding carboxylic acids is 1. The number of hydrogen-bond donors (Lipinski definition) is 1. The zero-order valence-electron chi connectivity index (χ0n) is 18.5. The van der Waals surface area contributed by atoms with Gasteiger partial charge in [0, 0.05) is 43.3 Å². The molecule has 1 fully saturated rings. The standard InChI is InChI=1S/C24H29N3O4S/c1-3-26-13-11-19-15-22(9-10-23(19)26)32(29,30)27-12-5-7-20(17-27)24(28)25-16-18-6-4-8-21(14-18)31-2/h4,6,8-11,13-15,20H,3,5,7,12,16-17H2,1-2H3,(H,25,28)/t20-/m0/s1. The van der Waals surface area contributed by atoms with Gasteiger partial charge in [-0.25, -0.2) is 8.42 Å². The number of carbonyl (C=O) groups is 1. The number of methoxy groups -OCH3 is 1. The molecule has 3 aromatic rings. The van der Waals surface area contributed by atoms with Crippen LogP contribution < -0.4 is 10.1 Å². The number of amides is 1. The lowest BCUT2D eigenvalue weighted by Crippen LogP contribution is -2.45. The largest absolute Gasteiger partial charge is 0.497 e. The maximum Gasteiger partial charge on any atom is 0.243 e. The molecular weight excluding hydrogens is 426 g/mol. The Kier molecular flexibility index (Phi) is 6.53. The maximum atomic E-state index is 13.3. The van der Waals surface area contributed by atoms with Crippen LogP contribution in [0.1, 0.15) is 25.3 Å². The van der Waals surface area contributed by atoms with Crippen molar-refractivity contribution in [2.75, 3.05) is 20.2 Å². The van der Waals surface area contributed by atoms with Crippen LogP contribution in [-0.2, 0) is 27.9 Å². The number of aromatic nitrogens is 1. The zero-order valence-corrected chi connectivity index (χ0v) is 19.3. The number of nitrogens with zero attached hydrogens (tertiary/aromatic N) is 2. The normalized spacial score (nSPS) is 17.4. The molecule has 1 aromatic heterocycles. The maximum absolute atomic E-state index is 13.3. The average molecular weight is 456 g/mol. The minimum Gasteiger partial charge on any atom is -0.497 e. The van der Waals surface area contributed by atoms with Gasteiger partial charge in [0.2, 0.25) is 15.9 Å². The van der Waals surface area contributed by atoms with Gasteiger partial charge in [0.25, 0.3) is 0 Å². The van der Waals surface area contributed by atoms with Crippen LogP contribution in [0.5, 0.6) is 5.75 Å².